The van der Waals surface area contributed by atoms with Crippen molar-refractivity contribution in [2.75, 3.05) is 0 Å². The van der Waals surface area contributed by atoms with Crippen LogP contribution in [0, 0.1) is 0 Å². The molecule has 0 amide bonds. The summed E-state index contributed by atoms with van der Waals surface area (Å²) in [5.74, 6) is 0. The van der Waals surface area contributed by atoms with Gasteiger partial charge in [0.2, 0.25) is 0 Å². The van der Waals surface area contributed by atoms with E-state index in [-0.39, 0.29) is 6.42 Å². The average Bonchev–Trinajstić information content (AvgIpc) is 1.88. The topological polar surface area (TPSA) is 20.2 Å². The molecule has 0 radical (unpaired) electrons. The van der Waals surface area contributed by atoms with Crippen molar-refractivity contribution in [2.45, 2.75) is 45.1 Å². The summed E-state index contributed by atoms with van der Waals surface area (Å²) >= 11 is 0. The van der Waals surface area contributed by atoms with Crippen LogP contribution in [-0.4, -0.2) is 17.6 Å². The highest BCUT2D eigenvalue weighted by Crippen LogP contribution is 2.09. The van der Waals surface area contributed by atoms with Crippen LogP contribution in [0.25, 0.3) is 0 Å². The average molecular weight is 152 g/mol. The highest BCUT2D eigenvalue weighted by Gasteiger charge is 2.14. The van der Waals surface area contributed by atoms with Crippen LogP contribution in [0.3, 0.4) is 0 Å². The highest BCUT2D eigenvalue weighted by atomic mass is 19.3. The summed E-state index contributed by atoms with van der Waals surface area (Å²) in [6.07, 6.45) is -1.14. The highest BCUT2D eigenvalue weighted by molar-refractivity contribution is 4.56. The van der Waals surface area contributed by atoms with E-state index in [2.05, 4.69) is 0 Å². The van der Waals surface area contributed by atoms with Gasteiger partial charge in [0.15, 0.2) is 0 Å². The maximum atomic E-state index is 11.6. The van der Waals surface area contributed by atoms with Crippen LogP contribution in [0.1, 0.15) is 32.6 Å². The number of unbranched alkanes of at least 4 members (excludes halogenated alkanes) is 2. The summed E-state index contributed by atoms with van der Waals surface area (Å²) in [5.41, 5.74) is 0. The van der Waals surface area contributed by atoms with E-state index in [4.69, 9.17) is 5.11 Å². The van der Waals surface area contributed by atoms with Crippen molar-refractivity contribution in [3.8, 4) is 0 Å². The Hall–Kier alpha value is -0.180. The second-order valence-corrected chi connectivity index (χ2v) is 2.40. The van der Waals surface area contributed by atoms with Gasteiger partial charge in [-0.3, -0.25) is 0 Å². The van der Waals surface area contributed by atoms with E-state index in [0.29, 0.717) is 6.42 Å². The van der Waals surface area contributed by atoms with E-state index in [1.54, 1.807) is 0 Å². The molecule has 0 saturated heterocycles. The van der Waals surface area contributed by atoms with Gasteiger partial charge in [0, 0.05) is 0 Å². The van der Waals surface area contributed by atoms with E-state index in [1.807, 2.05) is 6.92 Å². The first-order valence-electron chi connectivity index (χ1n) is 3.64. The molecular weight excluding hydrogens is 138 g/mol. The van der Waals surface area contributed by atoms with E-state index < -0.39 is 12.5 Å². The van der Waals surface area contributed by atoms with Crippen molar-refractivity contribution in [3.05, 3.63) is 0 Å². The molecule has 62 valence electrons. The Kier molecular flexibility index (Phi) is 5.49. The molecule has 1 N–H and O–H groups in total. The number of aliphatic hydroxyl groups is 1. The van der Waals surface area contributed by atoms with E-state index in [0.717, 1.165) is 12.8 Å². The van der Waals surface area contributed by atoms with Gasteiger partial charge in [-0.15, -0.1) is 0 Å². The van der Waals surface area contributed by atoms with Gasteiger partial charge in [-0.1, -0.05) is 26.2 Å². The molecule has 0 rings (SSSR count). The Balaban J connectivity index is 3.13. The van der Waals surface area contributed by atoms with Crippen LogP contribution in [0.15, 0.2) is 0 Å². The van der Waals surface area contributed by atoms with E-state index in [1.165, 1.54) is 0 Å². The standard InChI is InChI=1S/C7H14F2O/c1-2-3-4-5-6(10)7(8)9/h6-7,10H,2-5H2,1H3/t6-/m0/s1. The Morgan fingerprint density at radius 3 is 2.30 bits per heavy atom. The maximum Gasteiger partial charge on any atom is 0.264 e. The smallest absolute Gasteiger partial charge is 0.264 e. The third-order valence-corrected chi connectivity index (χ3v) is 1.39. The van der Waals surface area contributed by atoms with Crippen molar-refractivity contribution >= 4 is 0 Å². The molecule has 1 atom stereocenters. The van der Waals surface area contributed by atoms with Crippen molar-refractivity contribution < 1.29 is 13.9 Å². The van der Waals surface area contributed by atoms with Crippen LogP contribution >= 0.6 is 0 Å². The van der Waals surface area contributed by atoms with E-state index in [9.17, 15) is 8.78 Å². The largest absolute Gasteiger partial charge is 0.387 e. The van der Waals surface area contributed by atoms with Gasteiger partial charge in [0.25, 0.3) is 6.43 Å². The number of halogens is 2. The fourth-order valence-corrected chi connectivity index (χ4v) is 0.729. The molecule has 3 heteroatoms. The second-order valence-electron chi connectivity index (χ2n) is 2.40. The van der Waals surface area contributed by atoms with Crippen LogP contribution in [0.5, 0.6) is 0 Å². The fraction of sp³-hybridized carbons (Fsp3) is 1.00. The van der Waals surface area contributed by atoms with E-state index >= 15 is 0 Å². The zero-order chi connectivity index (χ0) is 7.98. The monoisotopic (exact) mass is 152 g/mol. The summed E-state index contributed by atoms with van der Waals surface area (Å²) in [7, 11) is 0. The quantitative estimate of drug-likeness (QED) is 0.599. The summed E-state index contributed by atoms with van der Waals surface area (Å²) in [5, 5.41) is 8.60. The van der Waals surface area contributed by atoms with Crippen LogP contribution in [0.2, 0.25) is 0 Å². The van der Waals surface area contributed by atoms with Gasteiger partial charge < -0.3 is 5.11 Å². The van der Waals surface area contributed by atoms with Crippen LogP contribution in [0.4, 0.5) is 8.78 Å². The molecule has 0 fully saturated rings. The van der Waals surface area contributed by atoms with Gasteiger partial charge >= 0.3 is 0 Å². The molecule has 0 aliphatic carbocycles. The molecule has 0 aromatic heterocycles. The van der Waals surface area contributed by atoms with Crippen molar-refractivity contribution in [3.63, 3.8) is 0 Å². The molecule has 0 bridgehead atoms. The Morgan fingerprint density at radius 2 is 1.90 bits per heavy atom. The number of hydrogen-bond donors (Lipinski definition) is 1. The number of rotatable bonds is 5. The summed E-state index contributed by atoms with van der Waals surface area (Å²) in [4.78, 5) is 0. The Bertz CT molecular complexity index is 76.0. The molecular formula is C7H14F2O. The zero-order valence-corrected chi connectivity index (χ0v) is 6.19. The van der Waals surface area contributed by atoms with Gasteiger partial charge in [-0.25, -0.2) is 8.78 Å². The molecule has 10 heavy (non-hydrogen) atoms. The van der Waals surface area contributed by atoms with Crippen LogP contribution in [-0.2, 0) is 0 Å². The molecule has 0 aliphatic rings. The summed E-state index contributed by atoms with van der Waals surface area (Å²) < 4.78 is 23.2. The summed E-state index contributed by atoms with van der Waals surface area (Å²) in [6, 6.07) is 0. The molecule has 0 aliphatic heterocycles. The molecule has 0 spiro atoms. The Labute approximate surface area is 60.1 Å². The second kappa shape index (κ2) is 5.59. The lowest BCUT2D eigenvalue weighted by atomic mass is 10.1. The lowest BCUT2D eigenvalue weighted by molar-refractivity contribution is -0.00997. The predicted octanol–water partition coefficient (Wildman–Crippen LogP) is 2.19. The molecule has 0 saturated carbocycles. The first-order valence-corrected chi connectivity index (χ1v) is 3.64. The molecule has 0 aromatic rings. The molecule has 0 aromatic carbocycles. The van der Waals surface area contributed by atoms with Crippen LogP contribution < -0.4 is 0 Å². The number of alkyl halides is 2. The van der Waals surface area contributed by atoms with Crippen molar-refractivity contribution in [1.82, 2.24) is 0 Å². The lowest BCUT2D eigenvalue weighted by Gasteiger charge is -2.07. The van der Waals surface area contributed by atoms with Crippen molar-refractivity contribution in [1.29, 1.82) is 0 Å². The number of aliphatic hydroxyl groups excluding tert-OH is 1. The zero-order valence-electron chi connectivity index (χ0n) is 6.19. The lowest BCUT2D eigenvalue weighted by Crippen LogP contribution is -2.16. The molecule has 1 nitrogen and oxygen atoms in total. The van der Waals surface area contributed by atoms with Gasteiger partial charge in [0.1, 0.15) is 6.10 Å². The minimum Gasteiger partial charge on any atom is -0.387 e. The maximum absolute atomic E-state index is 11.6. The molecule has 0 unspecified atom stereocenters. The minimum atomic E-state index is -2.57. The van der Waals surface area contributed by atoms with Gasteiger partial charge in [-0.2, -0.15) is 0 Å². The first-order chi connectivity index (χ1) is 4.68. The number of hydrogen-bond acceptors (Lipinski definition) is 1. The minimum absolute atomic E-state index is 0.228. The fourth-order valence-electron chi connectivity index (χ4n) is 0.729. The third-order valence-electron chi connectivity index (χ3n) is 1.39. The Morgan fingerprint density at radius 1 is 1.30 bits per heavy atom. The van der Waals surface area contributed by atoms with Gasteiger partial charge in [-0.05, 0) is 6.42 Å². The molecule has 0 heterocycles. The van der Waals surface area contributed by atoms with Gasteiger partial charge in [0.05, 0.1) is 0 Å². The SMILES string of the molecule is CCCCC[C@H](O)C(F)F. The normalized spacial score (nSPS) is 14.1. The first kappa shape index (κ1) is 9.82. The predicted molar refractivity (Wildman–Crippen MR) is 36.2 cm³/mol. The third kappa shape index (κ3) is 4.68. The summed E-state index contributed by atoms with van der Waals surface area (Å²) in [6.45, 7) is 1.99. The van der Waals surface area contributed by atoms with Crippen molar-refractivity contribution in [2.24, 2.45) is 0 Å².